The third-order valence-corrected chi connectivity index (χ3v) is 14.5. The number of thiophene rings is 1. The topological polar surface area (TPSA) is 38.7 Å². The lowest BCUT2D eigenvalue weighted by atomic mass is 9.87. The van der Waals surface area contributed by atoms with E-state index < -0.39 is 0 Å². The smallest absolute Gasteiger partial charge is 0.164 e. The van der Waals surface area contributed by atoms with Gasteiger partial charge in [-0.3, -0.25) is 0 Å². The zero-order chi connectivity index (χ0) is 45.7. The summed E-state index contributed by atoms with van der Waals surface area (Å²) in [5.41, 5.74) is 14.5. The number of fused-ring (bicyclic) bond motifs is 5. The Morgan fingerprint density at radius 1 is 0.217 bits per heavy atom. The number of benzene rings is 11. The van der Waals surface area contributed by atoms with Gasteiger partial charge in [0.25, 0.3) is 0 Å². The van der Waals surface area contributed by atoms with Gasteiger partial charge >= 0.3 is 0 Å². The van der Waals surface area contributed by atoms with E-state index in [4.69, 9.17) is 15.0 Å². The van der Waals surface area contributed by atoms with Gasteiger partial charge in [-0.25, -0.2) is 15.0 Å². The van der Waals surface area contributed by atoms with Crippen molar-refractivity contribution in [2.45, 2.75) is 0 Å². The summed E-state index contributed by atoms with van der Waals surface area (Å²) in [5, 5.41) is 7.54. The first kappa shape index (κ1) is 40.4. The Morgan fingerprint density at radius 2 is 0.638 bits per heavy atom. The second kappa shape index (κ2) is 17.1. The average Bonchev–Trinajstić information content (AvgIpc) is 3.82. The molecule has 4 heteroatoms. The van der Waals surface area contributed by atoms with E-state index in [1.54, 1.807) is 0 Å². The van der Waals surface area contributed by atoms with Crippen molar-refractivity contribution in [3.05, 3.63) is 249 Å². The zero-order valence-electron chi connectivity index (χ0n) is 37.4. The summed E-state index contributed by atoms with van der Waals surface area (Å²) in [6, 6.07) is 88.9. The average molecular weight is 896 g/mol. The van der Waals surface area contributed by atoms with Crippen molar-refractivity contribution < 1.29 is 0 Å². The maximum Gasteiger partial charge on any atom is 0.164 e. The largest absolute Gasteiger partial charge is 0.208 e. The van der Waals surface area contributed by atoms with Crippen molar-refractivity contribution in [3.63, 3.8) is 0 Å². The molecule has 0 N–H and O–H groups in total. The molecular weight excluding hydrogens is 855 g/mol. The van der Waals surface area contributed by atoms with Crippen molar-refractivity contribution in [1.29, 1.82) is 0 Å². The van der Waals surface area contributed by atoms with Crippen molar-refractivity contribution in [2.24, 2.45) is 0 Å². The molecule has 0 aliphatic rings. The van der Waals surface area contributed by atoms with E-state index in [0.717, 1.165) is 44.5 Å². The predicted molar refractivity (Wildman–Crippen MR) is 291 cm³/mol. The van der Waals surface area contributed by atoms with Crippen LogP contribution >= 0.6 is 11.3 Å². The Balaban J connectivity index is 0.903. The van der Waals surface area contributed by atoms with E-state index >= 15 is 0 Å². The van der Waals surface area contributed by atoms with Crippen molar-refractivity contribution in [1.82, 2.24) is 15.0 Å². The van der Waals surface area contributed by atoms with Crippen molar-refractivity contribution in [2.75, 3.05) is 0 Å². The molecule has 0 spiro atoms. The Labute approximate surface area is 404 Å². The summed E-state index contributed by atoms with van der Waals surface area (Å²) >= 11 is 1.87. The summed E-state index contributed by atoms with van der Waals surface area (Å²) in [6.07, 6.45) is 0. The maximum atomic E-state index is 5.22. The minimum Gasteiger partial charge on any atom is -0.208 e. The number of nitrogens with zero attached hydrogens (tertiary/aromatic N) is 3. The molecule has 3 nitrogen and oxygen atoms in total. The van der Waals surface area contributed by atoms with Crippen LogP contribution in [0.15, 0.2) is 249 Å². The summed E-state index contributed by atoms with van der Waals surface area (Å²) in [5.74, 6) is 1.87. The van der Waals surface area contributed by atoms with E-state index in [9.17, 15) is 0 Å². The molecule has 0 unspecified atom stereocenters. The Bertz CT molecular complexity index is 4060. The van der Waals surface area contributed by atoms with Gasteiger partial charge in [0.05, 0.1) is 0 Å². The third-order valence-electron chi connectivity index (χ3n) is 13.4. The normalized spacial score (nSPS) is 11.5. The van der Waals surface area contributed by atoms with Crippen LogP contribution in [0.1, 0.15) is 0 Å². The highest BCUT2D eigenvalue weighted by Gasteiger charge is 2.19. The van der Waals surface area contributed by atoms with Crippen LogP contribution in [0.2, 0.25) is 0 Å². The number of aromatic nitrogens is 3. The molecule has 322 valence electrons. The van der Waals surface area contributed by atoms with Crippen LogP contribution in [0.3, 0.4) is 0 Å². The molecule has 0 radical (unpaired) electrons. The predicted octanol–water partition coefficient (Wildman–Crippen LogP) is 17.9. The lowest BCUT2D eigenvalue weighted by Gasteiger charge is -2.16. The van der Waals surface area contributed by atoms with Crippen LogP contribution < -0.4 is 0 Å². The summed E-state index contributed by atoms with van der Waals surface area (Å²) in [6.45, 7) is 0. The Morgan fingerprint density at radius 3 is 1.32 bits per heavy atom. The summed E-state index contributed by atoms with van der Waals surface area (Å²) in [7, 11) is 0. The molecule has 13 aromatic rings. The fourth-order valence-electron chi connectivity index (χ4n) is 10.1. The molecule has 0 saturated carbocycles. The molecule has 69 heavy (non-hydrogen) atoms. The molecule has 0 amide bonds. The molecular formula is C65H41N3S. The first-order valence-electron chi connectivity index (χ1n) is 23.3. The quantitative estimate of drug-likeness (QED) is 0.153. The van der Waals surface area contributed by atoms with E-state index in [1.165, 1.54) is 69.5 Å². The van der Waals surface area contributed by atoms with Gasteiger partial charge in [-0.05, 0) is 95.4 Å². The van der Waals surface area contributed by atoms with Crippen molar-refractivity contribution >= 4 is 53.1 Å². The van der Waals surface area contributed by atoms with Gasteiger partial charge in [0.1, 0.15) is 0 Å². The third kappa shape index (κ3) is 7.26. The highest BCUT2D eigenvalue weighted by molar-refractivity contribution is 7.25. The van der Waals surface area contributed by atoms with Gasteiger partial charge in [0.15, 0.2) is 17.5 Å². The first-order chi connectivity index (χ1) is 34.2. The van der Waals surface area contributed by atoms with Crippen LogP contribution in [0, 0.1) is 0 Å². The number of hydrogen-bond donors (Lipinski definition) is 0. The molecule has 13 rings (SSSR count). The molecule has 0 aliphatic carbocycles. The fourth-order valence-corrected chi connectivity index (χ4v) is 11.3. The standard InChI is InChI=1S/C65H41N3S/c1-3-17-42(18-4-1)46-21-15-22-47(41-46)64-66-63(67-65(68-64)58-28-12-7-23-48(58)43-19-5-2-6-20-43)45-35-33-44(34-36-45)49-37-38-54(51-25-9-8-24-50(49)51)55-39-40-56(53-27-11-10-26-52(53)55)57-30-16-32-61-62(57)59-29-13-14-31-60(59)69-61/h1-41H. The van der Waals surface area contributed by atoms with Crippen LogP contribution in [0.4, 0.5) is 0 Å². The molecule has 11 aromatic carbocycles. The lowest BCUT2D eigenvalue weighted by molar-refractivity contribution is 1.07. The second-order valence-corrected chi connectivity index (χ2v) is 18.5. The molecule has 0 atom stereocenters. The molecule has 2 aromatic heterocycles. The van der Waals surface area contributed by atoms with Gasteiger partial charge in [-0.2, -0.15) is 0 Å². The molecule has 2 heterocycles. The molecule has 0 aliphatic heterocycles. The van der Waals surface area contributed by atoms with Gasteiger partial charge in [-0.15, -0.1) is 11.3 Å². The van der Waals surface area contributed by atoms with Crippen LogP contribution in [-0.2, 0) is 0 Å². The molecule has 0 bridgehead atoms. The second-order valence-electron chi connectivity index (χ2n) is 17.4. The first-order valence-corrected chi connectivity index (χ1v) is 24.2. The monoisotopic (exact) mass is 895 g/mol. The lowest BCUT2D eigenvalue weighted by Crippen LogP contribution is -2.01. The van der Waals surface area contributed by atoms with E-state index in [1.807, 2.05) is 23.5 Å². The minimum atomic E-state index is 0.619. The molecule has 0 saturated heterocycles. The van der Waals surface area contributed by atoms with Crippen LogP contribution in [0.25, 0.3) is 132 Å². The highest BCUT2D eigenvalue weighted by atomic mass is 32.1. The van der Waals surface area contributed by atoms with E-state index in [2.05, 4.69) is 237 Å². The van der Waals surface area contributed by atoms with E-state index in [0.29, 0.717) is 17.5 Å². The maximum absolute atomic E-state index is 5.22. The Hall–Kier alpha value is -8.83. The van der Waals surface area contributed by atoms with Gasteiger partial charge in [0.2, 0.25) is 0 Å². The zero-order valence-corrected chi connectivity index (χ0v) is 38.2. The number of hydrogen-bond acceptors (Lipinski definition) is 4. The van der Waals surface area contributed by atoms with Crippen LogP contribution in [0.5, 0.6) is 0 Å². The van der Waals surface area contributed by atoms with Gasteiger partial charge in [0, 0.05) is 36.9 Å². The number of rotatable bonds is 8. The molecule has 0 fully saturated rings. The fraction of sp³-hybridized carbons (Fsp3) is 0. The van der Waals surface area contributed by atoms with Gasteiger partial charge < -0.3 is 0 Å². The summed E-state index contributed by atoms with van der Waals surface area (Å²) < 4.78 is 2.63. The highest BCUT2D eigenvalue weighted by Crippen LogP contribution is 2.45. The minimum absolute atomic E-state index is 0.619. The Kier molecular flexibility index (Phi) is 10.0. The van der Waals surface area contributed by atoms with Crippen molar-refractivity contribution in [3.8, 4) is 89.8 Å². The summed E-state index contributed by atoms with van der Waals surface area (Å²) in [4.78, 5) is 15.6. The SMILES string of the molecule is c1ccc(-c2cccc(-c3nc(-c4ccc(-c5ccc(-c6ccc(-c7cccc8sc9ccccc9c78)c7ccccc67)c6ccccc56)cc4)nc(-c4ccccc4-c4ccccc4)n3)c2)cc1. The van der Waals surface area contributed by atoms with Gasteiger partial charge in [-0.1, -0.05) is 231 Å². The van der Waals surface area contributed by atoms with Crippen LogP contribution in [-0.4, -0.2) is 15.0 Å². The van der Waals surface area contributed by atoms with E-state index in [-0.39, 0.29) is 0 Å².